The van der Waals surface area contributed by atoms with Gasteiger partial charge in [-0.2, -0.15) is 0 Å². The van der Waals surface area contributed by atoms with E-state index in [0.29, 0.717) is 11.3 Å². The van der Waals surface area contributed by atoms with Crippen molar-refractivity contribution in [1.82, 2.24) is 4.90 Å². The largest absolute Gasteiger partial charge is 0.414 e. The number of benzene rings is 1. The normalized spacial score (nSPS) is 9.64. The number of amides is 1. The summed E-state index contributed by atoms with van der Waals surface area (Å²) in [4.78, 5) is 12.5. The lowest BCUT2D eigenvalue weighted by molar-refractivity contribution is 0.171. The molecular weight excluding hydrogens is 182 g/mol. The second-order valence-corrected chi connectivity index (χ2v) is 3.07. The van der Waals surface area contributed by atoms with E-state index in [1.54, 1.807) is 38.4 Å². The fourth-order valence-corrected chi connectivity index (χ4v) is 0.899. The lowest BCUT2D eigenvalue weighted by Crippen LogP contribution is -2.25. The Morgan fingerprint density at radius 3 is 2.79 bits per heavy atom. The minimum Gasteiger partial charge on any atom is -0.410 e. The molecule has 0 unspecified atom stereocenters. The Labute approximate surface area is 82.7 Å². The third kappa shape index (κ3) is 2.74. The number of carbonyl (C=O) groups is 1. The van der Waals surface area contributed by atoms with Crippen LogP contribution in [-0.2, 0) is 6.61 Å². The van der Waals surface area contributed by atoms with Crippen LogP contribution in [0.4, 0.5) is 4.79 Å². The van der Waals surface area contributed by atoms with Gasteiger partial charge in [0.05, 0.1) is 6.61 Å². The Hall–Kier alpha value is -1.55. The van der Waals surface area contributed by atoms with Gasteiger partial charge in [-0.1, -0.05) is 12.1 Å². The quantitative estimate of drug-likeness (QED) is 0.772. The van der Waals surface area contributed by atoms with E-state index >= 15 is 0 Å². The Morgan fingerprint density at radius 1 is 1.50 bits per heavy atom. The average Bonchev–Trinajstić information content (AvgIpc) is 2.18. The molecule has 0 aliphatic heterocycles. The van der Waals surface area contributed by atoms with E-state index in [4.69, 9.17) is 9.84 Å². The van der Waals surface area contributed by atoms with Gasteiger partial charge in [0.1, 0.15) is 5.75 Å². The van der Waals surface area contributed by atoms with E-state index in [1.165, 1.54) is 4.90 Å². The molecule has 0 spiro atoms. The van der Waals surface area contributed by atoms with Crippen LogP contribution < -0.4 is 4.74 Å². The molecule has 1 aromatic carbocycles. The van der Waals surface area contributed by atoms with Gasteiger partial charge < -0.3 is 14.7 Å². The Morgan fingerprint density at radius 2 is 2.21 bits per heavy atom. The highest BCUT2D eigenvalue weighted by Gasteiger charge is 2.06. The third-order valence-electron chi connectivity index (χ3n) is 1.65. The molecule has 1 rings (SSSR count). The predicted octanol–water partition coefficient (Wildman–Crippen LogP) is 1.24. The molecule has 76 valence electrons. The number of aliphatic hydroxyl groups is 1. The summed E-state index contributed by atoms with van der Waals surface area (Å²) in [6.45, 7) is -0.0621. The maximum atomic E-state index is 11.2. The van der Waals surface area contributed by atoms with Gasteiger partial charge in [0.15, 0.2) is 0 Å². The molecule has 1 amide bonds. The molecule has 0 saturated carbocycles. The summed E-state index contributed by atoms with van der Waals surface area (Å²) in [5.41, 5.74) is 0.717. The average molecular weight is 195 g/mol. The number of rotatable bonds is 2. The van der Waals surface area contributed by atoms with Crippen LogP contribution in [0, 0.1) is 0 Å². The Kier molecular flexibility index (Phi) is 3.48. The van der Waals surface area contributed by atoms with Crippen molar-refractivity contribution in [2.24, 2.45) is 0 Å². The van der Waals surface area contributed by atoms with E-state index < -0.39 is 6.09 Å². The van der Waals surface area contributed by atoms with Gasteiger partial charge >= 0.3 is 6.09 Å². The second kappa shape index (κ2) is 4.62. The van der Waals surface area contributed by atoms with Crippen LogP contribution in [0.25, 0.3) is 0 Å². The maximum absolute atomic E-state index is 11.2. The van der Waals surface area contributed by atoms with Crippen molar-refractivity contribution in [1.29, 1.82) is 0 Å². The molecule has 0 atom stereocenters. The van der Waals surface area contributed by atoms with E-state index in [-0.39, 0.29) is 6.61 Å². The van der Waals surface area contributed by atoms with Crippen molar-refractivity contribution in [3.8, 4) is 5.75 Å². The van der Waals surface area contributed by atoms with Gasteiger partial charge in [0.25, 0.3) is 0 Å². The Bertz CT molecular complexity index is 323. The maximum Gasteiger partial charge on any atom is 0.414 e. The monoisotopic (exact) mass is 195 g/mol. The molecule has 4 heteroatoms. The molecule has 0 bridgehead atoms. The van der Waals surface area contributed by atoms with Crippen molar-refractivity contribution in [2.75, 3.05) is 14.1 Å². The molecule has 0 aromatic heterocycles. The van der Waals surface area contributed by atoms with Crippen LogP contribution in [0.5, 0.6) is 5.75 Å². The molecule has 0 fully saturated rings. The molecule has 0 radical (unpaired) electrons. The highest BCUT2D eigenvalue weighted by molar-refractivity contribution is 5.69. The molecule has 1 N–H and O–H groups in total. The Balaban J connectivity index is 2.72. The van der Waals surface area contributed by atoms with Crippen LogP contribution >= 0.6 is 0 Å². The standard InChI is InChI=1S/C10H13NO3/c1-11(2)10(13)14-9-5-3-4-8(6-9)7-12/h3-6,12H,7H2,1-2H3. The topological polar surface area (TPSA) is 49.8 Å². The predicted molar refractivity (Wildman–Crippen MR) is 52.1 cm³/mol. The van der Waals surface area contributed by atoms with Gasteiger partial charge in [-0.15, -0.1) is 0 Å². The second-order valence-electron chi connectivity index (χ2n) is 3.07. The first-order valence-electron chi connectivity index (χ1n) is 4.22. The molecule has 14 heavy (non-hydrogen) atoms. The number of aliphatic hydroxyl groups excluding tert-OH is 1. The van der Waals surface area contributed by atoms with E-state index in [1.807, 2.05) is 0 Å². The number of hydrogen-bond donors (Lipinski definition) is 1. The molecule has 4 nitrogen and oxygen atoms in total. The molecule has 0 aliphatic carbocycles. The number of hydrogen-bond acceptors (Lipinski definition) is 3. The summed E-state index contributed by atoms with van der Waals surface area (Å²) in [5.74, 6) is 0.440. The van der Waals surface area contributed by atoms with E-state index in [0.717, 1.165) is 0 Å². The molecule has 1 aromatic rings. The minimum atomic E-state index is -0.430. The molecule has 0 saturated heterocycles. The van der Waals surface area contributed by atoms with Crippen LogP contribution in [0.1, 0.15) is 5.56 Å². The van der Waals surface area contributed by atoms with Crippen LogP contribution in [0.15, 0.2) is 24.3 Å². The molecule has 0 heterocycles. The van der Waals surface area contributed by atoms with E-state index in [9.17, 15) is 4.79 Å². The third-order valence-corrected chi connectivity index (χ3v) is 1.65. The zero-order chi connectivity index (χ0) is 10.6. The van der Waals surface area contributed by atoms with Crippen molar-refractivity contribution >= 4 is 6.09 Å². The highest BCUT2D eigenvalue weighted by atomic mass is 16.6. The van der Waals surface area contributed by atoms with Crippen LogP contribution in [0.3, 0.4) is 0 Å². The highest BCUT2D eigenvalue weighted by Crippen LogP contribution is 2.13. The van der Waals surface area contributed by atoms with Crippen molar-refractivity contribution < 1.29 is 14.6 Å². The summed E-state index contributed by atoms with van der Waals surface area (Å²) in [6, 6.07) is 6.78. The summed E-state index contributed by atoms with van der Waals surface area (Å²) in [5, 5.41) is 8.85. The first-order valence-corrected chi connectivity index (χ1v) is 4.22. The fraction of sp³-hybridized carbons (Fsp3) is 0.300. The molecular formula is C10H13NO3. The smallest absolute Gasteiger partial charge is 0.410 e. The lowest BCUT2D eigenvalue weighted by atomic mass is 10.2. The van der Waals surface area contributed by atoms with Crippen molar-refractivity contribution in [3.63, 3.8) is 0 Å². The summed E-state index contributed by atoms with van der Waals surface area (Å²) >= 11 is 0. The fourth-order valence-electron chi connectivity index (χ4n) is 0.899. The summed E-state index contributed by atoms with van der Waals surface area (Å²) in [7, 11) is 3.22. The summed E-state index contributed by atoms with van der Waals surface area (Å²) < 4.78 is 4.99. The zero-order valence-electron chi connectivity index (χ0n) is 8.23. The number of carbonyl (C=O) groups excluding carboxylic acids is 1. The first kappa shape index (κ1) is 10.5. The number of nitrogens with zero attached hydrogens (tertiary/aromatic N) is 1. The van der Waals surface area contributed by atoms with Gasteiger partial charge in [-0.25, -0.2) is 4.79 Å². The van der Waals surface area contributed by atoms with Gasteiger partial charge in [-0.3, -0.25) is 0 Å². The summed E-state index contributed by atoms with van der Waals surface area (Å²) in [6.07, 6.45) is -0.430. The molecule has 0 aliphatic rings. The van der Waals surface area contributed by atoms with Crippen molar-refractivity contribution in [3.05, 3.63) is 29.8 Å². The van der Waals surface area contributed by atoms with E-state index in [2.05, 4.69) is 0 Å². The van der Waals surface area contributed by atoms with Crippen LogP contribution in [0.2, 0.25) is 0 Å². The van der Waals surface area contributed by atoms with Crippen molar-refractivity contribution in [2.45, 2.75) is 6.61 Å². The van der Waals surface area contributed by atoms with Gasteiger partial charge in [0.2, 0.25) is 0 Å². The lowest BCUT2D eigenvalue weighted by Gasteiger charge is -2.10. The SMILES string of the molecule is CN(C)C(=O)Oc1cccc(CO)c1. The first-order chi connectivity index (χ1) is 6.63. The van der Waals surface area contributed by atoms with Crippen LogP contribution in [-0.4, -0.2) is 30.2 Å². The van der Waals surface area contributed by atoms with Gasteiger partial charge in [-0.05, 0) is 17.7 Å². The zero-order valence-corrected chi connectivity index (χ0v) is 8.23. The minimum absolute atomic E-state index is 0.0621. The number of ether oxygens (including phenoxy) is 1. The van der Waals surface area contributed by atoms with Gasteiger partial charge in [0, 0.05) is 14.1 Å².